The molecule has 13 rings (SSSR count). The molecule has 1 aliphatic carbocycles. The van der Waals surface area contributed by atoms with E-state index < -0.39 is 5.41 Å². The molecule has 3 heteroatoms. The smallest absolute Gasteiger partial charge is 0.137 e. The minimum absolute atomic E-state index is 0.609. The monoisotopic (exact) mass is 833 g/mol. The summed E-state index contributed by atoms with van der Waals surface area (Å²) in [4.78, 5) is 2.49. The fourth-order valence-electron chi connectivity index (χ4n) is 10.6. The van der Waals surface area contributed by atoms with Crippen LogP contribution in [0.25, 0.3) is 75.5 Å². The summed E-state index contributed by atoms with van der Waals surface area (Å²) in [6.07, 6.45) is 0. The molecular weight excluding hydrogens is 795 g/mol. The third kappa shape index (κ3) is 5.51. The number of furan rings is 1. The average Bonchev–Trinajstić information content (AvgIpc) is 4.04. The second-order valence-corrected chi connectivity index (χ2v) is 17.8. The van der Waals surface area contributed by atoms with Crippen molar-refractivity contribution in [2.24, 2.45) is 0 Å². The molecule has 300 valence electrons. The van der Waals surface area contributed by atoms with E-state index in [0.717, 1.165) is 44.6 Å². The van der Waals surface area contributed by atoms with E-state index in [0.29, 0.717) is 0 Å². The minimum atomic E-state index is -0.609. The fraction of sp³-hybridized carbons (Fsp3) is 0.0164. The highest BCUT2D eigenvalue weighted by Gasteiger charge is 2.46. The van der Waals surface area contributed by atoms with Crippen molar-refractivity contribution < 1.29 is 4.42 Å². The minimum Gasteiger partial charge on any atom is -0.456 e. The summed E-state index contributed by atoms with van der Waals surface area (Å²) in [5, 5.41) is 4.70. The zero-order valence-corrected chi connectivity index (χ0v) is 35.6. The van der Waals surface area contributed by atoms with Gasteiger partial charge in [-0.05, 0) is 110 Å². The molecule has 0 spiro atoms. The van der Waals surface area contributed by atoms with E-state index in [1.54, 1.807) is 0 Å². The number of nitrogens with zero attached hydrogens (tertiary/aromatic N) is 1. The maximum absolute atomic E-state index is 6.72. The summed E-state index contributed by atoms with van der Waals surface area (Å²) in [6.45, 7) is 0. The third-order valence-electron chi connectivity index (χ3n) is 13.3. The molecule has 12 aromatic rings. The summed E-state index contributed by atoms with van der Waals surface area (Å²) in [5.41, 5.74) is 16.7. The number of thiophene rings is 1. The van der Waals surface area contributed by atoms with Crippen LogP contribution in [0.2, 0.25) is 0 Å². The predicted molar refractivity (Wildman–Crippen MR) is 269 cm³/mol. The number of hydrogen-bond acceptors (Lipinski definition) is 3. The van der Waals surface area contributed by atoms with Crippen molar-refractivity contribution in [2.45, 2.75) is 5.41 Å². The lowest BCUT2D eigenvalue weighted by atomic mass is 9.67. The van der Waals surface area contributed by atoms with Crippen LogP contribution in [-0.4, -0.2) is 0 Å². The van der Waals surface area contributed by atoms with Gasteiger partial charge in [0, 0.05) is 26.5 Å². The Labute approximate surface area is 375 Å². The van der Waals surface area contributed by atoms with Gasteiger partial charge >= 0.3 is 0 Å². The van der Waals surface area contributed by atoms with E-state index in [1.807, 2.05) is 11.3 Å². The number of anilines is 3. The van der Waals surface area contributed by atoms with Crippen LogP contribution in [0.1, 0.15) is 22.3 Å². The first-order valence-electron chi connectivity index (χ1n) is 21.9. The number of fused-ring (bicyclic) bond motifs is 9. The van der Waals surface area contributed by atoms with Crippen molar-refractivity contribution >= 4 is 70.5 Å². The molecule has 0 aliphatic heterocycles. The zero-order valence-electron chi connectivity index (χ0n) is 34.8. The molecule has 0 fully saturated rings. The van der Waals surface area contributed by atoms with E-state index in [9.17, 15) is 0 Å². The second kappa shape index (κ2) is 14.6. The summed E-state index contributed by atoms with van der Waals surface area (Å²) in [6, 6.07) is 86.6. The molecule has 1 atom stereocenters. The van der Waals surface area contributed by atoms with Gasteiger partial charge in [0.15, 0.2) is 0 Å². The Hall–Kier alpha value is -7.98. The summed E-state index contributed by atoms with van der Waals surface area (Å²) < 4.78 is 9.24. The molecule has 0 saturated heterocycles. The SMILES string of the molecule is c1ccc(-c2ccc3c(c2)C(c2ccccc2)(c2cccc(N(c4cccc5c4sc4ccccc45)c4cccc5oc6ccc(-c7ccccc7)cc6c45)c2)c2ccccc2-3)cc1. The molecule has 10 aromatic carbocycles. The van der Waals surface area contributed by atoms with Crippen LogP contribution in [-0.2, 0) is 5.41 Å². The summed E-state index contributed by atoms with van der Waals surface area (Å²) in [7, 11) is 0. The van der Waals surface area contributed by atoms with Gasteiger partial charge < -0.3 is 9.32 Å². The molecule has 2 heterocycles. The van der Waals surface area contributed by atoms with Gasteiger partial charge in [-0.3, -0.25) is 0 Å². The van der Waals surface area contributed by atoms with Gasteiger partial charge in [-0.2, -0.15) is 0 Å². The van der Waals surface area contributed by atoms with Crippen molar-refractivity contribution in [1.29, 1.82) is 0 Å². The highest BCUT2D eigenvalue weighted by atomic mass is 32.1. The van der Waals surface area contributed by atoms with Crippen molar-refractivity contribution in [3.63, 3.8) is 0 Å². The van der Waals surface area contributed by atoms with Crippen LogP contribution >= 0.6 is 11.3 Å². The van der Waals surface area contributed by atoms with Gasteiger partial charge in [0.05, 0.1) is 26.9 Å². The molecule has 0 radical (unpaired) electrons. The molecular formula is C61H39NOS. The topological polar surface area (TPSA) is 16.4 Å². The lowest BCUT2D eigenvalue weighted by molar-refractivity contribution is 0.669. The third-order valence-corrected chi connectivity index (χ3v) is 14.6. The van der Waals surface area contributed by atoms with Crippen LogP contribution in [0.15, 0.2) is 241 Å². The van der Waals surface area contributed by atoms with E-state index >= 15 is 0 Å². The first-order valence-corrected chi connectivity index (χ1v) is 22.7. The van der Waals surface area contributed by atoms with Gasteiger partial charge in [0.25, 0.3) is 0 Å². The molecule has 2 nitrogen and oxygen atoms in total. The van der Waals surface area contributed by atoms with Crippen LogP contribution in [0, 0.1) is 0 Å². The molecule has 0 bridgehead atoms. The maximum atomic E-state index is 6.72. The standard InChI is InChI=1S/C61H39NOS/c1-4-17-40(18-5-1)42-34-36-56-51(37-42)59-54(29-16-31-57(59)63-56)62(55-30-15-27-50-49-26-11-13-32-58(49)64-60(50)55)46-24-14-23-45(39-46)61(44-21-8-3-9-22-44)52-28-12-10-25-47(52)48-35-33-43(38-53(48)61)41-19-6-2-7-20-41/h1-39H. The average molecular weight is 834 g/mol. The van der Waals surface area contributed by atoms with E-state index in [2.05, 4.69) is 241 Å². The lowest BCUT2D eigenvalue weighted by Gasteiger charge is -2.35. The number of rotatable bonds is 7. The fourth-order valence-corrected chi connectivity index (χ4v) is 11.8. The summed E-state index contributed by atoms with van der Waals surface area (Å²) in [5.74, 6) is 0. The van der Waals surface area contributed by atoms with Crippen LogP contribution in [0.3, 0.4) is 0 Å². The predicted octanol–water partition coefficient (Wildman–Crippen LogP) is 17.1. The normalized spacial score (nSPS) is 14.3. The highest BCUT2D eigenvalue weighted by molar-refractivity contribution is 7.26. The summed E-state index contributed by atoms with van der Waals surface area (Å²) >= 11 is 1.86. The quantitative estimate of drug-likeness (QED) is 0.159. The number of hydrogen-bond donors (Lipinski definition) is 0. The van der Waals surface area contributed by atoms with Crippen molar-refractivity contribution in [2.75, 3.05) is 4.90 Å². The Balaban J connectivity index is 1.11. The first kappa shape index (κ1) is 36.7. The van der Waals surface area contributed by atoms with Crippen molar-refractivity contribution in [3.05, 3.63) is 259 Å². The van der Waals surface area contributed by atoms with Crippen molar-refractivity contribution in [3.8, 4) is 33.4 Å². The Kier molecular flexibility index (Phi) is 8.34. The molecule has 0 amide bonds. The first-order chi connectivity index (χ1) is 31.7. The van der Waals surface area contributed by atoms with E-state index in [-0.39, 0.29) is 0 Å². The largest absolute Gasteiger partial charge is 0.456 e. The Morgan fingerprint density at radius 1 is 0.375 bits per heavy atom. The van der Waals surface area contributed by atoms with Gasteiger partial charge in [-0.25, -0.2) is 0 Å². The van der Waals surface area contributed by atoms with Gasteiger partial charge in [-0.15, -0.1) is 11.3 Å². The van der Waals surface area contributed by atoms with Gasteiger partial charge in [-0.1, -0.05) is 182 Å². The molecule has 1 unspecified atom stereocenters. The molecule has 0 N–H and O–H groups in total. The zero-order chi connectivity index (χ0) is 42.2. The maximum Gasteiger partial charge on any atom is 0.137 e. The highest BCUT2D eigenvalue weighted by Crippen LogP contribution is 2.58. The van der Waals surface area contributed by atoms with Crippen molar-refractivity contribution in [1.82, 2.24) is 0 Å². The van der Waals surface area contributed by atoms with Gasteiger partial charge in [0.2, 0.25) is 0 Å². The molecule has 1 aliphatic rings. The van der Waals surface area contributed by atoms with Crippen LogP contribution in [0.5, 0.6) is 0 Å². The Morgan fingerprint density at radius 2 is 1.00 bits per heavy atom. The van der Waals surface area contributed by atoms with E-state index in [1.165, 1.54) is 70.2 Å². The molecule has 2 aromatic heterocycles. The Bertz CT molecular complexity index is 3740. The van der Waals surface area contributed by atoms with Crippen LogP contribution in [0.4, 0.5) is 17.1 Å². The Morgan fingerprint density at radius 3 is 1.83 bits per heavy atom. The second-order valence-electron chi connectivity index (χ2n) is 16.8. The lowest BCUT2D eigenvalue weighted by Crippen LogP contribution is -2.29. The van der Waals surface area contributed by atoms with E-state index in [4.69, 9.17) is 4.42 Å². The molecule has 0 saturated carbocycles. The molecule has 64 heavy (non-hydrogen) atoms. The number of benzene rings is 10. The van der Waals surface area contributed by atoms with Crippen LogP contribution < -0.4 is 4.90 Å². The van der Waals surface area contributed by atoms with Gasteiger partial charge in [0.1, 0.15) is 11.2 Å².